The monoisotopic (exact) mass is 427 g/mol. The van der Waals surface area contributed by atoms with Crippen LogP contribution in [0.2, 0.25) is 5.02 Å². The molecule has 1 N–H and O–H groups in total. The number of halogens is 1. The van der Waals surface area contributed by atoms with E-state index in [1.54, 1.807) is 11.8 Å². The van der Waals surface area contributed by atoms with Gasteiger partial charge in [-0.1, -0.05) is 35.9 Å². The van der Waals surface area contributed by atoms with Gasteiger partial charge in [-0.15, -0.1) is 11.8 Å². The molecule has 0 aliphatic carbocycles. The van der Waals surface area contributed by atoms with Crippen LogP contribution in [0.1, 0.15) is 22.8 Å². The van der Waals surface area contributed by atoms with Gasteiger partial charge in [-0.3, -0.25) is 18.9 Å². The quantitative estimate of drug-likeness (QED) is 0.674. The Hall–Kier alpha value is -2.77. The Morgan fingerprint density at radius 2 is 1.76 bits per heavy atom. The second-order valence-electron chi connectivity index (χ2n) is 6.79. The SMILES string of the molecule is Cn1c(O)c(C2=Nc3ccccc3S[C@@H](c3ccc(Cl)cc3)C2)c(=O)n(C)c1=O. The van der Waals surface area contributed by atoms with E-state index in [0.29, 0.717) is 17.2 Å². The van der Waals surface area contributed by atoms with Crippen LogP contribution in [0.25, 0.3) is 0 Å². The van der Waals surface area contributed by atoms with Gasteiger partial charge in [-0.2, -0.15) is 0 Å². The van der Waals surface area contributed by atoms with Crippen LogP contribution in [0.4, 0.5) is 5.69 Å². The lowest BCUT2D eigenvalue weighted by molar-refractivity contribution is 0.410. The molecule has 3 aromatic rings. The maximum absolute atomic E-state index is 12.9. The highest BCUT2D eigenvalue weighted by Gasteiger charge is 2.27. The van der Waals surface area contributed by atoms with Gasteiger partial charge in [0.25, 0.3) is 5.56 Å². The van der Waals surface area contributed by atoms with Gasteiger partial charge in [0.1, 0.15) is 5.56 Å². The van der Waals surface area contributed by atoms with Crippen molar-refractivity contribution < 1.29 is 5.11 Å². The summed E-state index contributed by atoms with van der Waals surface area (Å²) < 4.78 is 2.04. The van der Waals surface area contributed by atoms with Crippen LogP contribution in [0.15, 0.2) is 68.0 Å². The summed E-state index contributed by atoms with van der Waals surface area (Å²) >= 11 is 7.68. The molecule has 0 amide bonds. The summed E-state index contributed by atoms with van der Waals surface area (Å²) in [6, 6.07) is 15.2. The van der Waals surface area contributed by atoms with Gasteiger partial charge in [0.05, 0.1) is 11.4 Å². The molecule has 29 heavy (non-hydrogen) atoms. The van der Waals surface area contributed by atoms with Crippen molar-refractivity contribution in [3.8, 4) is 5.88 Å². The lowest BCUT2D eigenvalue weighted by atomic mass is 10.0. The molecule has 2 heterocycles. The maximum atomic E-state index is 12.9. The number of para-hydroxylation sites is 1. The Balaban J connectivity index is 1.93. The first-order valence-electron chi connectivity index (χ1n) is 8.95. The van der Waals surface area contributed by atoms with E-state index in [0.717, 1.165) is 25.3 Å². The van der Waals surface area contributed by atoms with Crippen LogP contribution in [0, 0.1) is 0 Å². The number of aliphatic imine (C=N–C) groups is 1. The van der Waals surface area contributed by atoms with E-state index in [9.17, 15) is 14.7 Å². The van der Waals surface area contributed by atoms with Crippen LogP contribution in [0.5, 0.6) is 5.88 Å². The first-order chi connectivity index (χ1) is 13.9. The number of aromatic nitrogens is 2. The predicted molar refractivity (Wildman–Crippen MR) is 116 cm³/mol. The number of fused-ring (bicyclic) bond motifs is 1. The van der Waals surface area contributed by atoms with E-state index in [2.05, 4.69) is 0 Å². The number of benzene rings is 2. The lowest BCUT2D eigenvalue weighted by Crippen LogP contribution is -2.40. The Kier molecular flexibility index (Phi) is 5.10. The molecule has 0 fully saturated rings. The van der Waals surface area contributed by atoms with Crippen molar-refractivity contribution in [2.45, 2.75) is 16.6 Å². The van der Waals surface area contributed by atoms with Crippen molar-refractivity contribution in [3.05, 3.63) is 85.5 Å². The van der Waals surface area contributed by atoms with Crippen molar-refractivity contribution in [1.82, 2.24) is 9.13 Å². The first kappa shape index (κ1) is 19.5. The van der Waals surface area contributed by atoms with Gasteiger partial charge in [0, 0.05) is 35.7 Å². The molecule has 4 rings (SSSR count). The van der Waals surface area contributed by atoms with Gasteiger partial charge in [-0.25, -0.2) is 4.79 Å². The molecule has 0 spiro atoms. The van der Waals surface area contributed by atoms with E-state index in [-0.39, 0.29) is 16.7 Å². The number of aromatic hydroxyl groups is 1. The largest absolute Gasteiger partial charge is 0.494 e. The first-order valence-corrected chi connectivity index (χ1v) is 10.2. The van der Waals surface area contributed by atoms with Gasteiger partial charge in [0.2, 0.25) is 5.88 Å². The summed E-state index contributed by atoms with van der Waals surface area (Å²) in [5.41, 5.74) is 1.09. The molecule has 0 radical (unpaired) electrons. The van der Waals surface area contributed by atoms with Crippen LogP contribution in [-0.4, -0.2) is 20.0 Å². The molecule has 0 bridgehead atoms. The minimum Gasteiger partial charge on any atom is -0.494 e. The Morgan fingerprint density at radius 1 is 1.07 bits per heavy atom. The van der Waals surface area contributed by atoms with Crippen LogP contribution < -0.4 is 11.2 Å². The van der Waals surface area contributed by atoms with E-state index in [4.69, 9.17) is 16.6 Å². The third-order valence-electron chi connectivity index (χ3n) is 4.93. The highest BCUT2D eigenvalue weighted by Crippen LogP contribution is 2.45. The minimum absolute atomic E-state index is 0.0454. The summed E-state index contributed by atoms with van der Waals surface area (Å²) in [5, 5.41) is 11.2. The fourth-order valence-corrected chi connectivity index (χ4v) is 4.68. The van der Waals surface area contributed by atoms with Gasteiger partial charge >= 0.3 is 5.69 Å². The molecule has 0 saturated carbocycles. The second kappa shape index (κ2) is 7.57. The van der Waals surface area contributed by atoms with Gasteiger partial charge in [-0.05, 0) is 29.8 Å². The number of hydrogen-bond acceptors (Lipinski definition) is 5. The Bertz CT molecular complexity index is 1250. The smallest absolute Gasteiger partial charge is 0.333 e. The van der Waals surface area contributed by atoms with Crippen LogP contribution in [0.3, 0.4) is 0 Å². The predicted octanol–water partition coefficient (Wildman–Crippen LogP) is 3.80. The normalized spacial score (nSPS) is 16.1. The maximum Gasteiger partial charge on any atom is 0.333 e. The van der Waals surface area contributed by atoms with Crippen molar-refractivity contribution in [1.29, 1.82) is 0 Å². The number of thioether (sulfide) groups is 1. The molecule has 1 atom stereocenters. The van der Waals surface area contributed by atoms with Crippen molar-refractivity contribution in [2.75, 3.05) is 0 Å². The topological polar surface area (TPSA) is 76.6 Å². The summed E-state index contributed by atoms with van der Waals surface area (Å²) in [6.07, 6.45) is 0.405. The molecule has 0 saturated heterocycles. The van der Waals surface area contributed by atoms with E-state index in [1.807, 2.05) is 48.5 Å². The number of nitrogens with zero attached hydrogens (tertiary/aromatic N) is 3. The molecular weight excluding hydrogens is 410 g/mol. The summed E-state index contributed by atoms with van der Waals surface area (Å²) in [6.45, 7) is 0. The van der Waals surface area contributed by atoms with Crippen LogP contribution in [-0.2, 0) is 14.1 Å². The van der Waals surface area contributed by atoms with Crippen molar-refractivity contribution in [2.24, 2.45) is 19.1 Å². The lowest BCUT2D eigenvalue weighted by Gasteiger charge is -2.17. The highest BCUT2D eigenvalue weighted by atomic mass is 35.5. The molecule has 148 valence electrons. The third-order valence-corrected chi connectivity index (χ3v) is 6.51. The van der Waals surface area contributed by atoms with Gasteiger partial charge < -0.3 is 5.11 Å². The van der Waals surface area contributed by atoms with Crippen molar-refractivity contribution in [3.63, 3.8) is 0 Å². The molecular formula is C21H18ClN3O3S. The van der Waals surface area contributed by atoms with Crippen LogP contribution >= 0.6 is 23.4 Å². The zero-order chi connectivity index (χ0) is 20.7. The Morgan fingerprint density at radius 3 is 2.48 bits per heavy atom. The van der Waals surface area contributed by atoms with E-state index >= 15 is 0 Å². The summed E-state index contributed by atoms with van der Waals surface area (Å²) in [5.74, 6) is -0.379. The molecule has 2 aromatic carbocycles. The fraction of sp³-hybridized carbons (Fsp3) is 0.190. The average molecular weight is 428 g/mol. The highest BCUT2D eigenvalue weighted by molar-refractivity contribution is 7.99. The minimum atomic E-state index is -0.588. The second-order valence-corrected chi connectivity index (χ2v) is 8.47. The summed E-state index contributed by atoms with van der Waals surface area (Å²) in [7, 11) is 2.82. The number of hydrogen-bond donors (Lipinski definition) is 1. The third kappa shape index (κ3) is 3.52. The molecule has 6 nitrogen and oxygen atoms in total. The molecule has 1 aromatic heterocycles. The van der Waals surface area contributed by atoms with E-state index in [1.165, 1.54) is 14.1 Å². The molecule has 1 aliphatic rings. The van der Waals surface area contributed by atoms with E-state index < -0.39 is 11.2 Å². The van der Waals surface area contributed by atoms with Crippen molar-refractivity contribution >= 4 is 34.8 Å². The fourth-order valence-electron chi connectivity index (χ4n) is 3.32. The zero-order valence-corrected chi connectivity index (χ0v) is 17.4. The molecule has 0 unspecified atom stereocenters. The standard InChI is InChI=1S/C21H18ClN3O3S/c1-24-19(26)18(20(27)25(2)21(24)28)15-11-17(12-7-9-13(22)10-8-12)29-16-6-4-3-5-14(16)23-15/h3-10,17,26H,11H2,1-2H3/t17-/m1/s1. The average Bonchev–Trinajstić information content (AvgIpc) is 2.91. The summed E-state index contributed by atoms with van der Waals surface area (Å²) in [4.78, 5) is 30.7. The van der Waals surface area contributed by atoms with Gasteiger partial charge in [0.15, 0.2) is 0 Å². The molecule has 8 heteroatoms. The zero-order valence-electron chi connectivity index (χ0n) is 15.8. The number of rotatable bonds is 2. The Labute approximate surface area is 176 Å². The molecule has 1 aliphatic heterocycles.